The van der Waals surface area contributed by atoms with Gasteiger partial charge in [0.1, 0.15) is 0 Å². The molecule has 0 bridgehead atoms. The number of aromatic nitrogens is 2. The molecule has 2 aromatic carbocycles. The number of benzene rings is 2. The molecule has 0 radical (unpaired) electrons. The minimum Gasteiger partial charge on any atom is -0.283 e. The molecule has 0 saturated carbocycles. The lowest BCUT2D eigenvalue weighted by atomic mass is 10.0. The Morgan fingerprint density at radius 2 is 1.47 bits per heavy atom. The van der Waals surface area contributed by atoms with E-state index in [9.17, 15) is 14.4 Å². The van der Waals surface area contributed by atoms with Crippen LogP contribution in [0.15, 0.2) is 96.1 Å². The van der Waals surface area contributed by atoms with Crippen molar-refractivity contribution in [3.8, 4) is 28.1 Å². The van der Waals surface area contributed by atoms with Crippen LogP contribution in [0.25, 0.3) is 28.1 Å². The fourth-order valence-electron chi connectivity index (χ4n) is 3.69. The Labute approximate surface area is 185 Å². The zero-order valence-corrected chi connectivity index (χ0v) is 17.7. The van der Waals surface area contributed by atoms with Crippen molar-refractivity contribution in [2.24, 2.45) is 0 Å². The second kappa shape index (κ2) is 8.81. The maximum atomic E-state index is 13.6. The molecule has 0 saturated heterocycles. The lowest BCUT2D eigenvalue weighted by molar-refractivity contribution is -0.124. The van der Waals surface area contributed by atoms with Crippen LogP contribution in [0, 0.1) is 0 Å². The SMILES string of the molecule is CC(=O)N(C(C)=O)c1ccccc1-c1cc(-c2ccccn2)cn(-c2ccccc2)c1=O. The normalized spacial score (nSPS) is 10.6. The van der Waals surface area contributed by atoms with E-state index in [0.29, 0.717) is 28.2 Å². The van der Waals surface area contributed by atoms with Crippen molar-refractivity contribution in [1.29, 1.82) is 0 Å². The highest BCUT2D eigenvalue weighted by molar-refractivity contribution is 6.15. The van der Waals surface area contributed by atoms with Crippen molar-refractivity contribution in [3.05, 3.63) is 102 Å². The van der Waals surface area contributed by atoms with Gasteiger partial charge in [-0.15, -0.1) is 0 Å². The average Bonchev–Trinajstić information content (AvgIpc) is 2.80. The molecule has 0 unspecified atom stereocenters. The molecule has 0 aliphatic carbocycles. The van der Waals surface area contributed by atoms with E-state index in [1.54, 1.807) is 47.3 Å². The summed E-state index contributed by atoms with van der Waals surface area (Å²) < 4.78 is 1.56. The van der Waals surface area contributed by atoms with Crippen LogP contribution in [0.4, 0.5) is 5.69 Å². The zero-order chi connectivity index (χ0) is 22.7. The van der Waals surface area contributed by atoms with Gasteiger partial charge >= 0.3 is 0 Å². The highest BCUT2D eigenvalue weighted by Gasteiger charge is 2.22. The van der Waals surface area contributed by atoms with Crippen LogP contribution in [-0.2, 0) is 9.59 Å². The summed E-state index contributed by atoms with van der Waals surface area (Å²) in [5.41, 5.74) is 3.08. The fourth-order valence-corrected chi connectivity index (χ4v) is 3.69. The number of carbonyl (C=O) groups excluding carboxylic acids is 2. The van der Waals surface area contributed by atoms with Crippen LogP contribution >= 0.6 is 0 Å². The number of imide groups is 1. The van der Waals surface area contributed by atoms with Crippen LogP contribution in [0.1, 0.15) is 13.8 Å². The molecular weight excluding hydrogens is 402 g/mol. The topological polar surface area (TPSA) is 72.3 Å². The number of nitrogens with zero attached hydrogens (tertiary/aromatic N) is 3. The van der Waals surface area contributed by atoms with Crippen molar-refractivity contribution in [3.63, 3.8) is 0 Å². The summed E-state index contributed by atoms with van der Waals surface area (Å²) in [5.74, 6) is -0.844. The van der Waals surface area contributed by atoms with Gasteiger partial charge in [0, 0.05) is 43.1 Å². The molecule has 4 rings (SSSR count). The number of hydrogen-bond acceptors (Lipinski definition) is 4. The summed E-state index contributed by atoms with van der Waals surface area (Å²) in [5, 5.41) is 0. The number of pyridine rings is 2. The maximum Gasteiger partial charge on any atom is 0.263 e. The zero-order valence-electron chi connectivity index (χ0n) is 17.7. The van der Waals surface area contributed by atoms with Crippen LogP contribution in [-0.4, -0.2) is 21.4 Å². The van der Waals surface area contributed by atoms with Gasteiger partial charge < -0.3 is 0 Å². The highest BCUT2D eigenvalue weighted by Crippen LogP contribution is 2.31. The molecule has 6 nitrogen and oxygen atoms in total. The highest BCUT2D eigenvalue weighted by atomic mass is 16.2. The summed E-state index contributed by atoms with van der Waals surface area (Å²) >= 11 is 0. The van der Waals surface area contributed by atoms with Gasteiger partial charge in [-0.3, -0.25) is 28.8 Å². The van der Waals surface area contributed by atoms with Gasteiger partial charge in [-0.05, 0) is 36.4 Å². The Morgan fingerprint density at radius 3 is 2.12 bits per heavy atom. The van der Waals surface area contributed by atoms with Gasteiger partial charge in [-0.25, -0.2) is 0 Å². The van der Waals surface area contributed by atoms with Crippen LogP contribution in [0.5, 0.6) is 0 Å². The largest absolute Gasteiger partial charge is 0.283 e. The number of anilines is 1. The van der Waals surface area contributed by atoms with E-state index in [4.69, 9.17) is 0 Å². The van der Waals surface area contributed by atoms with E-state index in [2.05, 4.69) is 4.98 Å². The first-order valence-electron chi connectivity index (χ1n) is 10.1. The molecular formula is C26H21N3O3. The van der Waals surface area contributed by atoms with Crippen LogP contribution in [0.3, 0.4) is 0 Å². The van der Waals surface area contributed by atoms with Crippen molar-refractivity contribution < 1.29 is 9.59 Å². The first kappa shape index (κ1) is 20.9. The van der Waals surface area contributed by atoms with E-state index >= 15 is 0 Å². The van der Waals surface area contributed by atoms with Crippen molar-refractivity contribution in [1.82, 2.24) is 9.55 Å². The van der Waals surface area contributed by atoms with Crippen molar-refractivity contribution in [2.75, 3.05) is 4.90 Å². The first-order chi connectivity index (χ1) is 15.5. The fraction of sp³-hybridized carbons (Fsp3) is 0.0769. The van der Waals surface area contributed by atoms with Gasteiger partial charge in [0.25, 0.3) is 5.56 Å². The Balaban J connectivity index is 2.04. The molecule has 6 heteroatoms. The summed E-state index contributed by atoms with van der Waals surface area (Å²) in [6.45, 7) is 2.65. The minimum atomic E-state index is -0.422. The second-order valence-corrected chi connectivity index (χ2v) is 7.26. The summed E-state index contributed by atoms with van der Waals surface area (Å²) in [7, 11) is 0. The average molecular weight is 423 g/mol. The Morgan fingerprint density at radius 1 is 0.812 bits per heavy atom. The molecule has 0 aliphatic rings. The van der Waals surface area contributed by atoms with Crippen molar-refractivity contribution >= 4 is 17.5 Å². The third kappa shape index (κ3) is 3.98. The van der Waals surface area contributed by atoms with Gasteiger partial charge in [0.2, 0.25) is 11.8 Å². The lowest BCUT2D eigenvalue weighted by Gasteiger charge is -2.21. The number of amides is 2. The quantitative estimate of drug-likeness (QED) is 0.486. The molecule has 2 amide bonds. The molecule has 2 heterocycles. The molecule has 158 valence electrons. The monoisotopic (exact) mass is 423 g/mol. The Bertz CT molecular complexity index is 1330. The predicted octanol–water partition coefficient (Wildman–Crippen LogP) is 4.47. The van der Waals surface area contributed by atoms with Crippen molar-refractivity contribution in [2.45, 2.75) is 13.8 Å². The molecule has 32 heavy (non-hydrogen) atoms. The molecule has 0 aliphatic heterocycles. The Hall–Kier alpha value is -4.32. The second-order valence-electron chi connectivity index (χ2n) is 7.26. The summed E-state index contributed by atoms with van der Waals surface area (Å²) in [6.07, 6.45) is 3.44. The number of carbonyl (C=O) groups is 2. The summed E-state index contributed by atoms with van der Waals surface area (Å²) in [4.78, 5) is 43.6. The molecule has 0 N–H and O–H groups in total. The maximum absolute atomic E-state index is 13.6. The number of para-hydroxylation sites is 2. The summed E-state index contributed by atoms with van der Waals surface area (Å²) in [6, 6.07) is 23.5. The van der Waals surface area contributed by atoms with Gasteiger partial charge in [-0.1, -0.05) is 42.5 Å². The molecule has 2 aromatic heterocycles. The standard InChI is InChI=1S/C26H21N3O3/c1-18(30)29(19(2)31)25-14-7-6-12-22(25)23-16-20(24-13-8-9-15-27-24)17-28(26(23)32)21-10-4-3-5-11-21/h3-17H,1-2H3. The Kier molecular flexibility index (Phi) is 5.77. The van der Waals surface area contributed by atoms with E-state index in [1.165, 1.54) is 13.8 Å². The molecule has 0 spiro atoms. The number of rotatable bonds is 4. The van der Waals surface area contributed by atoms with Gasteiger partial charge in [0.15, 0.2) is 0 Å². The van der Waals surface area contributed by atoms with E-state index in [0.717, 1.165) is 10.5 Å². The van der Waals surface area contributed by atoms with E-state index in [-0.39, 0.29) is 5.56 Å². The van der Waals surface area contributed by atoms with E-state index < -0.39 is 11.8 Å². The van der Waals surface area contributed by atoms with Gasteiger partial charge in [0.05, 0.1) is 16.9 Å². The van der Waals surface area contributed by atoms with Crippen LogP contribution in [0.2, 0.25) is 0 Å². The minimum absolute atomic E-state index is 0.268. The molecule has 0 atom stereocenters. The molecule has 4 aromatic rings. The third-order valence-corrected chi connectivity index (χ3v) is 5.08. The number of hydrogen-bond donors (Lipinski definition) is 0. The van der Waals surface area contributed by atoms with Gasteiger partial charge in [-0.2, -0.15) is 0 Å². The first-order valence-corrected chi connectivity index (χ1v) is 10.1. The third-order valence-electron chi connectivity index (χ3n) is 5.08. The smallest absolute Gasteiger partial charge is 0.263 e. The lowest BCUT2D eigenvalue weighted by Crippen LogP contribution is -2.33. The van der Waals surface area contributed by atoms with Crippen LogP contribution < -0.4 is 10.5 Å². The molecule has 0 fully saturated rings. The van der Waals surface area contributed by atoms with E-state index in [1.807, 2.05) is 48.5 Å². The predicted molar refractivity (Wildman–Crippen MR) is 125 cm³/mol.